The molecule has 0 aliphatic heterocycles. The van der Waals surface area contributed by atoms with Gasteiger partial charge in [-0.15, -0.1) is 0 Å². The summed E-state index contributed by atoms with van der Waals surface area (Å²) in [6, 6.07) is 16.7. The summed E-state index contributed by atoms with van der Waals surface area (Å²) in [5, 5.41) is 5.28. The predicted molar refractivity (Wildman–Crippen MR) is 89.4 cm³/mol. The van der Waals surface area contributed by atoms with Crippen molar-refractivity contribution in [1.29, 1.82) is 0 Å². The van der Waals surface area contributed by atoms with Crippen LogP contribution in [0.5, 0.6) is 5.75 Å². The zero-order valence-corrected chi connectivity index (χ0v) is 13.0. The molecule has 0 aliphatic rings. The predicted octanol–water partition coefficient (Wildman–Crippen LogP) is 2.38. The van der Waals surface area contributed by atoms with Gasteiger partial charge in [0.1, 0.15) is 5.75 Å². The highest BCUT2D eigenvalue weighted by Crippen LogP contribution is 2.10. The number of ether oxygens (including phenoxy) is 1. The second-order valence-corrected chi connectivity index (χ2v) is 4.98. The Morgan fingerprint density at radius 3 is 2.52 bits per heavy atom. The summed E-state index contributed by atoms with van der Waals surface area (Å²) in [5.41, 5.74) is 1.87. The summed E-state index contributed by atoms with van der Waals surface area (Å²) in [5.74, 6) is 0.00103. The van der Waals surface area contributed by atoms with Crippen LogP contribution in [0.3, 0.4) is 0 Å². The fourth-order valence-corrected chi connectivity index (χ4v) is 1.97. The highest BCUT2D eigenvalue weighted by Gasteiger charge is 2.07. The van der Waals surface area contributed by atoms with Crippen molar-refractivity contribution in [1.82, 2.24) is 5.32 Å². The molecule has 2 N–H and O–H groups in total. The fourth-order valence-electron chi connectivity index (χ4n) is 1.97. The van der Waals surface area contributed by atoms with Gasteiger partial charge in [-0.1, -0.05) is 37.3 Å². The molecule has 5 nitrogen and oxygen atoms in total. The van der Waals surface area contributed by atoms with Crippen molar-refractivity contribution < 1.29 is 14.3 Å². The molecule has 0 atom stereocenters. The van der Waals surface area contributed by atoms with Crippen molar-refractivity contribution in [2.24, 2.45) is 0 Å². The molecule has 2 aromatic rings. The van der Waals surface area contributed by atoms with Crippen LogP contribution >= 0.6 is 0 Å². The Labute approximate surface area is 135 Å². The van der Waals surface area contributed by atoms with E-state index in [4.69, 9.17) is 4.74 Å². The van der Waals surface area contributed by atoms with Gasteiger partial charge in [-0.25, -0.2) is 0 Å². The number of aryl methyl sites for hydroxylation is 1. The number of rotatable bonds is 7. The van der Waals surface area contributed by atoms with Crippen molar-refractivity contribution in [2.45, 2.75) is 13.3 Å². The Hall–Kier alpha value is -2.82. The van der Waals surface area contributed by atoms with Crippen LogP contribution < -0.4 is 15.4 Å². The first-order valence-electron chi connectivity index (χ1n) is 7.50. The number of para-hydroxylation sites is 1. The first kappa shape index (κ1) is 16.5. The Morgan fingerprint density at radius 2 is 1.78 bits per heavy atom. The van der Waals surface area contributed by atoms with E-state index in [0.717, 1.165) is 17.7 Å². The summed E-state index contributed by atoms with van der Waals surface area (Å²) in [4.78, 5) is 23.5. The van der Waals surface area contributed by atoms with Gasteiger partial charge < -0.3 is 15.4 Å². The van der Waals surface area contributed by atoms with E-state index in [-0.39, 0.29) is 25.0 Å². The molecule has 5 heteroatoms. The van der Waals surface area contributed by atoms with E-state index in [9.17, 15) is 9.59 Å². The Kier molecular flexibility index (Phi) is 6.17. The van der Waals surface area contributed by atoms with Crippen molar-refractivity contribution in [2.75, 3.05) is 18.5 Å². The number of nitrogens with one attached hydrogen (secondary N) is 2. The zero-order valence-electron chi connectivity index (χ0n) is 13.0. The number of anilines is 1. The lowest BCUT2D eigenvalue weighted by atomic mass is 10.1. The van der Waals surface area contributed by atoms with E-state index in [0.29, 0.717) is 5.75 Å². The minimum Gasteiger partial charge on any atom is -0.484 e. The number of hydrogen-bond acceptors (Lipinski definition) is 3. The second-order valence-electron chi connectivity index (χ2n) is 4.98. The molecule has 0 unspecified atom stereocenters. The Morgan fingerprint density at radius 1 is 1.00 bits per heavy atom. The monoisotopic (exact) mass is 312 g/mol. The minimum atomic E-state index is -0.341. The van der Waals surface area contributed by atoms with Gasteiger partial charge in [0.15, 0.2) is 6.61 Å². The van der Waals surface area contributed by atoms with E-state index in [1.807, 2.05) is 49.4 Å². The van der Waals surface area contributed by atoms with E-state index in [1.165, 1.54) is 0 Å². The van der Waals surface area contributed by atoms with E-state index < -0.39 is 0 Å². The maximum Gasteiger partial charge on any atom is 0.258 e. The van der Waals surface area contributed by atoms with Crippen LogP contribution in [0.25, 0.3) is 0 Å². The van der Waals surface area contributed by atoms with E-state index in [1.54, 1.807) is 12.1 Å². The molecule has 0 saturated heterocycles. The molecule has 2 rings (SSSR count). The average molecular weight is 312 g/mol. The summed E-state index contributed by atoms with van der Waals surface area (Å²) >= 11 is 0. The van der Waals surface area contributed by atoms with Gasteiger partial charge >= 0.3 is 0 Å². The molecule has 120 valence electrons. The van der Waals surface area contributed by atoms with E-state index >= 15 is 0 Å². The topological polar surface area (TPSA) is 67.4 Å². The largest absolute Gasteiger partial charge is 0.484 e. The van der Waals surface area contributed by atoms with Gasteiger partial charge in [0, 0.05) is 5.69 Å². The molecule has 23 heavy (non-hydrogen) atoms. The van der Waals surface area contributed by atoms with Crippen molar-refractivity contribution in [3.8, 4) is 5.75 Å². The summed E-state index contributed by atoms with van der Waals surface area (Å²) in [6.07, 6.45) is 0.900. The van der Waals surface area contributed by atoms with Crippen LogP contribution in [0.4, 0.5) is 5.69 Å². The first-order chi connectivity index (χ1) is 11.2. The quantitative estimate of drug-likeness (QED) is 0.825. The maximum atomic E-state index is 11.8. The lowest BCUT2D eigenvalue weighted by molar-refractivity contribution is -0.125. The molecule has 0 fully saturated rings. The maximum absolute atomic E-state index is 11.8. The number of carbonyl (C=O) groups is 2. The molecule has 0 spiro atoms. The van der Waals surface area contributed by atoms with Gasteiger partial charge in [0.2, 0.25) is 5.91 Å². The van der Waals surface area contributed by atoms with Crippen LogP contribution in [-0.4, -0.2) is 25.0 Å². The van der Waals surface area contributed by atoms with Crippen LogP contribution in [0.15, 0.2) is 54.6 Å². The van der Waals surface area contributed by atoms with Crippen molar-refractivity contribution in [3.63, 3.8) is 0 Å². The minimum absolute atomic E-state index is 0.0899. The molecule has 0 aromatic heterocycles. The summed E-state index contributed by atoms with van der Waals surface area (Å²) in [6.45, 7) is 1.84. The molecule has 0 heterocycles. The summed E-state index contributed by atoms with van der Waals surface area (Å²) < 4.78 is 5.30. The fraction of sp³-hybridized carbons (Fsp3) is 0.222. The molecule has 2 amide bonds. The molecule has 0 saturated carbocycles. The average Bonchev–Trinajstić information content (AvgIpc) is 2.59. The van der Waals surface area contributed by atoms with Gasteiger partial charge in [-0.3, -0.25) is 9.59 Å². The number of hydrogen-bond donors (Lipinski definition) is 2. The summed E-state index contributed by atoms with van der Waals surface area (Å²) in [7, 11) is 0. The van der Waals surface area contributed by atoms with Gasteiger partial charge in [0.25, 0.3) is 5.91 Å². The number of benzene rings is 2. The first-order valence-corrected chi connectivity index (χ1v) is 7.50. The Bertz CT molecular complexity index is 656. The highest BCUT2D eigenvalue weighted by molar-refractivity contribution is 5.94. The molecular weight excluding hydrogens is 292 g/mol. The lowest BCUT2D eigenvalue weighted by Crippen LogP contribution is -2.35. The molecule has 2 aromatic carbocycles. The third kappa shape index (κ3) is 5.82. The number of carbonyl (C=O) groups excluding carboxylic acids is 2. The molecule has 0 radical (unpaired) electrons. The second kappa shape index (κ2) is 8.58. The Balaban J connectivity index is 1.72. The van der Waals surface area contributed by atoms with Crippen LogP contribution in [0.1, 0.15) is 12.5 Å². The van der Waals surface area contributed by atoms with Crippen LogP contribution in [-0.2, 0) is 16.0 Å². The zero-order chi connectivity index (χ0) is 16.5. The van der Waals surface area contributed by atoms with Crippen molar-refractivity contribution in [3.05, 3.63) is 60.2 Å². The number of amides is 2. The van der Waals surface area contributed by atoms with Crippen LogP contribution in [0, 0.1) is 0 Å². The van der Waals surface area contributed by atoms with Crippen molar-refractivity contribution >= 4 is 17.5 Å². The SMILES string of the molecule is CCc1cccc(NC(=O)CNC(=O)COc2ccccc2)c1. The van der Waals surface area contributed by atoms with E-state index in [2.05, 4.69) is 10.6 Å². The van der Waals surface area contributed by atoms with Gasteiger partial charge in [-0.2, -0.15) is 0 Å². The van der Waals surface area contributed by atoms with Gasteiger partial charge in [-0.05, 0) is 36.2 Å². The molecular formula is C18H20N2O3. The highest BCUT2D eigenvalue weighted by atomic mass is 16.5. The normalized spacial score (nSPS) is 9.96. The molecule has 0 bridgehead atoms. The smallest absolute Gasteiger partial charge is 0.258 e. The molecule has 0 aliphatic carbocycles. The lowest BCUT2D eigenvalue weighted by Gasteiger charge is -2.09. The standard InChI is InChI=1S/C18H20N2O3/c1-2-14-7-6-8-15(11-14)20-17(21)12-19-18(22)13-23-16-9-4-3-5-10-16/h3-11H,2,12-13H2,1H3,(H,19,22)(H,20,21). The third-order valence-electron chi connectivity index (χ3n) is 3.18. The van der Waals surface area contributed by atoms with Gasteiger partial charge in [0.05, 0.1) is 6.54 Å². The van der Waals surface area contributed by atoms with Crippen LogP contribution in [0.2, 0.25) is 0 Å². The third-order valence-corrected chi connectivity index (χ3v) is 3.18.